The molecule has 0 bridgehead atoms. The summed E-state index contributed by atoms with van der Waals surface area (Å²) in [6.07, 6.45) is 2.53. The fourth-order valence-corrected chi connectivity index (χ4v) is 2.63. The van der Waals surface area contributed by atoms with Gasteiger partial charge < -0.3 is 15.0 Å². The fourth-order valence-electron chi connectivity index (χ4n) is 2.63. The summed E-state index contributed by atoms with van der Waals surface area (Å²) >= 11 is 0. The smallest absolute Gasteiger partial charge is 0.174 e. The van der Waals surface area contributed by atoms with Crippen LogP contribution in [0.25, 0.3) is 0 Å². The van der Waals surface area contributed by atoms with Crippen molar-refractivity contribution in [3.8, 4) is 11.8 Å². The van der Waals surface area contributed by atoms with Gasteiger partial charge in [-0.2, -0.15) is 5.26 Å². The molecule has 1 saturated heterocycles. The summed E-state index contributed by atoms with van der Waals surface area (Å²) in [6.45, 7) is 6.68. The van der Waals surface area contributed by atoms with E-state index in [0.717, 1.165) is 25.4 Å². The number of nitriles is 1. The second-order valence-electron chi connectivity index (χ2n) is 5.21. The van der Waals surface area contributed by atoms with Gasteiger partial charge in [-0.05, 0) is 43.6 Å². The molecule has 0 aliphatic carbocycles. The molecule has 1 unspecified atom stereocenters. The summed E-state index contributed by atoms with van der Waals surface area (Å²) in [5, 5.41) is 12.1. The third-order valence-corrected chi connectivity index (χ3v) is 3.75. The van der Waals surface area contributed by atoms with Crippen LogP contribution < -0.4 is 10.1 Å². The fraction of sp³-hybridized carbons (Fsp3) is 0.562. The molecule has 1 heterocycles. The van der Waals surface area contributed by atoms with E-state index in [-0.39, 0.29) is 6.61 Å². The molecule has 4 nitrogen and oxygen atoms in total. The van der Waals surface area contributed by atoms with Gasteiger partial charge >= 0.3 is 0 Å². The van der Waals surface area contributed by atoms with Gasteiger partial charge in [-0.1, -0.05) is 19.1 Å². The van der Waals surface area contributed by atoms with Gasteiger partial charge in [-0.3, -0.25) is 0 Å². The highest BCUT2D eigenvalue weighted by Crippen LogP contribution is 2.14. The van der Waals surface area contributed by atoms with Crippen LogP contribution in [0.2, 0.25) is 0 Å². The van der Waals surface area contributed by atoms with Gasteiger partial charge in [0.25, 0.3) is 0 Å². The summed E-state index contributed by atoms with van der Waals surface area (Å²) in [6, 6.07) is 10.5. The van der Waals surface area contributed by atoms with Crippen molar-refractivity contribution in [3.05, 3.63) is 29.8 Å². The zero-order chi connectivity index (χ0) is 14.2. The lowest BCUT2D eigenvalue weighted by Crippen LogP contribution is -2.45. The Bertz CT molecular complexity index is 455. The number of hydrogen-bond acceptors (Lipinski definition) is 4. The molecule has 0 aromatic heterocycles. The van der Waals surface area contributed by atoms with Gasteiger partial charge in [0.2, 0.25) is 0 Å². The van der Waals surface area contributed by atoms with E-state index in [1.165, 1.54) is 24.9 Å². The molecule has 1 N–H and O–H groups in total. The van der Waals surface area contributed by atoms with Crippen molar-refractivity contribution in [2.45, 2.75) is 32.4 Å². The number of benzene rings is 1. The highest BCUT2D eigenvalue weighted by molar-refractivity contribution is 5.28. The van der Waals surface area contributed by atoms with Crippen molar-refractivity contribution in [1.29, 1.82) is 5.26 Å². The Morgan fingerprint density at radius 3 is 3.20 bits per heavy atom. The molecule has 1 atom stereocenters. The van der Waals surface area contributed by atoms with Gasteiger partial charge in [0.1, 0.15) is 11.8 Å². The third kappa shape index (κ3) is 4.52. The van der Waals surface area contributed by atoms with Gasteiger partial charge in [0.15, 0.2) is 6.61 Å². The van der Waals surface area contributed by atoms with Crippen LogP contribution >= 0.6 is 0 Å². The first kappa shape index (κ1) is 14.8. The SMILES string of the molecule is CCN1CCCC(NCc2cccc(OCC#N)c2)C1. The Morgan fingerprint density at radius 1 is 1.50 bits per heavy atom. The quantitative estimate of drug-likeness (QED) is 0.863. The molecular weight excluding hydrogens is 250 g/mol. The van der Waals surface area contributed by atoms with Crippen molar-refractivity contribution >= 4 is 0 Å². The maximum absolute atomic E-state index is 8.53. The van der Waals surface area contributed by atoms with Crippen LogP contribution in [0, 0.1) is 11.3 Å². The number of nitrogens with one attached hydrogen (secondary N) is 1. The Labute approximate surface area is 121 Å². The Balaban J connectivity index is 1.82. The first-order valence-corrected chi connectivity index (χ1v) is 7.36. The van der Waals surface area contributed by atoms with E-state index in [1.54, 1.807) is 0 Å². The Hall–Kier alpha value is -1.57. The second kappa shape index (κ2) is 7.88. The number of ether oxygens (including phenoxy) is 1. The Morgan fingerprint density at radius 2 is 2.40 bits per heavy atom. The van der Waals surface area contributed by atoms with E-state index in [4.69, 9.17) is 10.00 Å². The van der Waals surface area contributed by atoms with Crippen LogP contribution in [0.1, 0.15) is 25.3 Å². The zero-order valence-electron chi connectivity index (χ0n) is 12.1. The number of nitrogens with zero attached hydrogens (tertiary/aromatic N) is 2. The largest absolute Gasteiger partial charge is 0.479 e. The minimum atomic E-state index is 0.102. The number of hydrogen-bond donors (Lipinski definition) is 1. The average molecular weight is 273 g/mol. The Kier molecular flexibility index (Phi) is 5.85. The predicted molar refractivity (Wildman–Crippen MR) is 79.5 cm³/mol. The number of rotatable bonds is 6. The minimum absolute atomic E-state index is 0.102. The molecule has 4 heteroatoms. The molecule has 1 aromatic rings. The lowest BCUT2D eigenvalue weighted by Gasteiger charge is -2.32. The number of likely N-dealkylation sites (tertiary alicyclic amines) is 1. The highest BCUT2D eigenvalue weighted by atomic mass is 16.5. The maximum Gasteiger partial charge on any atom is 0.174 e. The van der Waals surface area contributed by atoms with Crippen LogP contribution in [-0.4, -0.2) is 37.2 Å². The summed E-state index contributed by atoms with van der Waals surface area (Å²) in [5.41, 5.74) is 1.20. The van der Waals surface area contributed by atoms with Crippen LogP contribution in [0.15, 0.2) is 24.3 Å². The molecule has 108 valence electrons. The molecule has 2 rings (SSSR count). The van der Waals surface area contributed by atoms with Crippen molar-refractivity contribution in [3.63, 3.8) is 0 Å². The molecule has 0 radical (unpaired) electrons. The van der Waals surface area contributed by atoms with Crippen LogP contribution in [0.3, 0.4) is 0 Å². The number of likely N-dealkylation sites (N-methyl/N-ethyl adjacent to an activating group) is 1. The molecule has 1 fully saturated rings. The van der Waals surface area contributed by atoms with Crippen molar-refractivity contribution in [2.24, 2.45) is 0 Å². The monoisotopic (exact) mass is 273 g/mol. The van der Waals surface area contributed by atoms with Gasteiger partial charge in [0, 0.05) is 19.1 Å². The molecule has 0 saturated carbocycles. The van der Waals surface area contributed by atoms with E-state index < -0.39 is 0 Å². The maximum atomic E-state index is 8.53. The van der Waals surface area contributed by atoms with Crippen molar-refractivity contribution < 1.29 is 4.74 Å². The molecule has 1 aliphatic heterocycles. The highest BCUT2D eigenvalue weighted by Gasteiger charge is 2.17. The molecule has 1 aliphatic rings. The van der Waals surface area contributed by atoms with Crippen molar-refractivity contribution in [1.82, 2.24) is 10.2 Å². The summed E-state index contributed by atoms with van der Waals surface area (Å²) in [5.74, 6) is 0.768. The first-order valence-electron chi connectivity index (χ1n) is 7.36. The van der Waals surface area contributed by atoms with E-state index in [1.807, 2.05) is 24.3 Å². The van der Waals surface area contributed by atoms with E-state index in [0.29, 0.717) is 6.04 Å². The standard InChI is InChI=1S/C16H23N3O/c1-2-19-9-4-6-15(13-19)18-12-14-5-3-7-16(11-14)20-10-8-17/h3,5,7,11,15,18H,2,4,6,9-10,12-13H2,1H3. The predicted octanol–water partition coefficient (Wildman–Crippen LogP) is 2.16. The minimum Gasteiger partial charge on any atom is -0.479 e. The lowest BCUT2D eigenvalue weighted by molar-refractivity contribution is 0.198. The van der Waals surface area contributed by atoms with Crippen molar-refractivity contribution in [2.75, 3.05) is 26.2 Å². The number of piperidine rings is 1. The van der Waals surface area contributed by atoms with Crippen LogP contribution in [-0.2, 0) is 6.54 Å². The van der Waals surface area contributed by atoms with Gasteiger partial charge in [0.05, 0.1) is 0 Å². The molecule has 1 aromatic carbocycles. The zero-order valence-corrected chi connectivity index (χ0v) is 12.1. The topological polar surface area (TPSA) is 48.3 Å². The van der Waals surface area contributed by atoms with Gasteiger partial charge in [-0.15, -0.1) is 0 Å². The van der Waals surface area contributed by atoms with Crippen LogP contribution in [0.4, 0.5) is 0 Å². The third-order valence-electron chi connectivity index (χ3n) is 3.75. The van der Waals surface area contributed by atoms with Gasteiger partial charge in [-0.25, -0.2) is 0 Å². The van der Waals surface area contributed by atoms with Crippen LogP contribution in [0.5, 0.6) is 5.75 Å². The molecule has 0 amide bonds. The lowest BCUT2D eigenvalue weighted by atomic mass is 10.1. The molecule has 20 heavy (non-hydrogen) atoms. The molecule has 0 spiro atoms. The summed E-state index contributed by atoms with van der Waals surface area (Å²) in [4.78, 5) is 2.49. The second-order valence-corrected chi connectivity index (χ2v) is 5.21. The van der Waals surface area contributed by atoms with E-state index in [9.17, 15) is 0 Å². The normalized spacial score (nSPS) is 19.5. The van der Waals surface area contributed by atoms with E-state index in [2.05, 4.69) is 23.2 Å². The summed E-state index contributed by atoms with van der Waals surface area (Å²) in [7, 11) is 0. The average Bonchev–Trinajstić information content (AvgIpc) is 2.51. The first-order chi connectivity index (χ1) is 9.81. The molecular formula is C16H23N3O. The van der Waals surface area contributed by atoms with E-state index >= 15 is 0 Å². The summed E-state index contributed by atoms with van der Waals surface area (Å²) < 4.78 is 5.32.